The number of nitrogens with two attached hydrogens (primary N) is 1. The third-order valence-electron chi connectivity index (χ3n) is 4.23. The number of rotatable bonds is 8. The molecule has 0 bridgehead atoms. The zero-order valence-corrected chi connectivity index (χ0v) is 12.8. The van der Waals surface area contributed by atoms with Crippen molar-refractivity contribution in [2.24, 2.45) is 11.8 Å². The Morgan fingerprint density at radius 3 is 2.81 bits per heavy atom. The molecule has 3 N–H and O–H groups in total. The SMILES string of the molecule is COCCN(Cc1ccccc1C(=O)NN)C(C)C1CC1. The fourth-order valence-electron chi connectivity index (χ4n) is 2.69. The molecule has 1 aliphatic rings. The second kappa shape index (κ2) is 7.54. The summed E-state index contributed by atoms with van der Waals surface area (Å²) in [4.78, 5) is 14.3. The van der Waals surface area contributed by atoms with E-state index in [4.69, 9.17) is 10.6 Å². The molecule has 0 heterocycles. The zero-order chi connectivity index (χ0) is 15.2. The summed E-state index contributed by atoms with van der Waals surface area (Å²) in [5.41, 5.74) is 3.87. The second-order valence-corrected chi connectivity index (χ2v) is 5.67. The third-order valence-corrected chi connectivity index (χ3v) is 4.23. The molecule has 1 saturated carbocycles. The molecular weight excluding hydrogens is 266 g/mol. The predicted octanol–water partition coefficient (Wildman–Crippen LogP) is 1.54. The van der Waals surface area contributed by atoms with Gasteiger partial charge in [-0.2, -0.15) is 0 Å². The number of benzene rings is 1. The van der Waals surface area contributed by atoms with Crippen LogP contribution in [0.1, 0.15) is 35.7 Å². The predicted molar refractivity (Wildman–Crippen MR) is 82.6 cm³/mol. The van der Waals surface area contributed by atoms with E-state index in [1.54, 1.807) is 7.11 Å². The molecular formula is C16H25N3O2. The summed E-state index contributed by atoms with van der Waals surface area (Å²) in [7, 11) is 1.72. The van der Waals surface area contributed by atoms with Gasteiger partial charge < -0.3 is 4.74 Å². The highest BCUT2D eigenvalue weighted by Crippen LogP contribution is 2.35. The molecule has 0 spiro atoms. The molecule has 1 atom stereocenters. The molecule has 0 radical (unpaired) electrons. The van der Waals surface area contributed by atoms with Gasteiger partial charge in [-0.15, -0.1) is 0 Å². The maximum atomic E-state index is 11.9. The fraction of sp³-hybridized carbons (Fsp3) is 0.562. The van der Waals surface area contributed by atoms with Crippen LogP contribution in [0.15, 0.2) is 24.3 Å². The highest BCUT2D eigenvalue weighted by molar-refractivity contribution is 5.95. The molecule has 5 heteroatoms. The topological polar surface area (TPSA) is 67.6 Å². The number of methoxy groups -OCH3 is 1. The van der Waals surface area contributed by atoms with E-state index in [1.807, 2.05) is 24.3 Å². The Labute approximate surface area is 126 Å². The smallest absolute Gasteiger partial charge is 0.265 e. The number of nitrogens with one attached hydrogen (secondary N) is 1. The van der Waals surface area contributed by atoms with E-state index < -0.39 is 0 Å². The third kappa shape index (κ3) is 4.27. The van der Waals surface area contributed by atoms with Crippen LogP contribution >= 0.6 is 0 Å². The lowest BCUT2D eigenvalue weighted by Gasteiger charge is -2.29. The van der Waals surface area contributed by atoms with E-state index in [0.29, 0.717) is 18.2 Å². The van der Waals surface area contributed by atoms with E-state index >= 15 is 0 Å². The number of amides is 1. The van der Waals surface area contributed by atoms with Gasteiger partial charge in [-0.1, -0.05) is 18.2 Å². The number of hydrazine groups is 1. The van der Waals surface area contributed by atoms with Gasteiger partial charge in [0.15, 0.2) is 0 Å². The molecule has 116 valence electrons. The molecule has 1 aromatic carbocycles. The number of ether oxygens (including phenoxy) is 1. The van der Waals surface area contributed by atoms with Gasteiger partial charge in [-0.25, -0.2) is 5.84 Å². The maximum absolute atomic E-state index is 11.9. The summed E-state index contributed by atoms with van der Waals surface area (Å²) in [6, 6.07) is 8.13. The highest BCUT2D eigenvalue weighted by atomic mass is 16.5. The van der Waals surface area contributed by atoms with Gasteiger partial charge in [0.05, 0.1) is 6.61 Å². The maximum Gasteiger partial charge on any atom is 0.265 e. The first-order valence-corrected chi connectivity index (χ1v) is 7.49. The van der Waals surface area contributed by atoms with Crippen LogP contribution in [-0.2, 0) is 11.3 Å². The van der Waals surface area contributed by atoms with Crippen LogP contribution in [0.5, 0.6) is 0 Å². The fourth-order valence-corrected chi connectivity index (χ4v) is 2.69. The lowest BCUT2D eigenvalue weighted by atomic mass is 10.0. The first-order valence-electron chi connectivity index (χ1n) is 7.49. The Hall–Kier alpha value is -1.43. The van der Waals surface area contributed by atoms with Gasteiger partial charge >= 0.3 is 0 Å². The Morgan fingerprint density at radius 1 is 1.48 bits per heavy atom. The Bertz CT molecular complexity index is 474. The molecule has 1 aromatic rings. The van der Waals surface area contributed by atoms with Crippen LogP contribution < -0.4 is 11.3 Å². The second-order valence-electron chi connectivity index (χ2n) is 5.67. The van der Waals surface area contributed by atoms with Crippen LogP contribution in [-0.4, -0.2) is 37.1 Å². The molecule has 21 heavy (non-hydrogen) atoms. The van der Waals surface area contributed by atoms with Crippen molar-refractivity contribution in [3.63, 3.8) is 0 Å². The Balaban J connectivity index is 2.13. The van der Waals surface area contributed by atoms with Crippen molar-refractivity contribution >= 4 is 5.91 Å². The monoisotopic (exact) mass is 291 g/mol. The van der Waals surface area contributed by atoms with E-state index in [2.05, 4.69) is 17.2 Å². The molecule has 0 aromatic heterocycles. The highest BCUT2D eigenvalue weighted by Gasteiger charge is 2.32. The number of nitrogen functional groups attached to an aromatic ring is 1. The van der Waals surface area contributed by atoms with Gasteiger partial charge in [-0.3, -0.25) is 15.1 Å². The van der Waals surface area contributed by atoms with Crippen molar-refractivity contribution in [2.45, 2.75) is 32.4 Å². The molecule has 1 fully saturated rings. The van der Waals surface area contributed by atoms with Crippen LogP contribution in [0.3, 0.4) is 0 Å². The van der Waals surface area contributed by atoms with Gasteiger partial charge in [-0.05, 0) is 37.3 Å². The van der Waals surface area contributed by atoms with Crippen molar-refractivity contribution in [3.8, 4) is 0 Å². The van der Waals surface area contributed by atoms with E-state index in [0.717, 1.165) is 24.6 Å². The molecule has 1 unspecified atom stereocenters. The lowest BCUT2D eigenvalue weighted by Crippen LogP contribution is -2.38. The number of nitrogens with zero attached hydrogens (tertiary/aromatic N) is 1. The summed E-state index contributed by atoms with van der Waals surface area (Å²) < 4.78 is 5.22. The largest absolute Gasteiger partial charge is 0.383 e. The van der Waals surface area contributed by atoms with E-state index in [-0.39, 0.29) is 5.91 Å². The average Bonchev–Trinajstić information content (AvgIpc) is 3.35. The molecule has 0 saturated heterocycles. The number of hydrogen-bond acceptors (Lipinski definition) is 4. The standard InChI is InChI=1S/C16H25N3O2/c1-12(13-7-8-13)19(9-10-21-2)11-14-5-3-4-6-15(14)16(20)18-17/h3-6,12-13H,7-11,17H2,1-2H3,(H,18,20). The van der Waals surface area contributed by atoms with Gasteiger partial charge in [0, 0.05) is 31.8 Å². The van der Waals surface area contributed by atoms with Crippen LogP contribution in [0.25, 0.3) is 0 Å². The van der Waals surface area contributed by atoms with Crippen LogP contribution in [0.2, 0.25) is 0 Å². The van der Waals surface area contributed by atoms with Gasteiger partial charge in [0.2, 0.25) is 0 Å². The molecule has 2 rings (SSSR count). The molecule has 1 aliphatic carbocycles. The minimum atomic E-state index is -0.239. The summed E-state index contributed by atoms with van der Waals surface area (Å²) in [6.45, 7) is 4.57. The first-order chi connectivity index (χ1) is 10.2. The van der Waals surface area contributed by atoms with Crippen molar-refractivity contribution in [1.29, 1.82) is 0 Å². The van der Waals surface area contributed by atoms with Crippen molar-refractivity contribution in [3.05, 3.63) is 35.4 Å². The quantitative estimate of drug-likeness (QED) is 0.433. The Kier molecular flexibility index (Phi) is 5.73. The minimum absolute atomic E-state index is 0.239. The van der Waals surface area contributed by atoms with Crippen molar-refractivity contribution in [1.82, 2.24) is 10.3 Å². The number of carbonyl (C=O) groups is 1. The Morgan fingerprint density at radius 2 is 2.19 bits per heavy atom. The normalized spacial score (nSPS) is 16.0. The van der Waals surface area contributed by atoms with Gasteiger partial charge in [0.1, 0.15) is 0 Å². The minimum Gasteiger partial charge on any atom is -0.383 e. The molecule has 1 amide bonds. The number of hydrogen-bond donors (Lipinski definition) is 2. The van der Waals surface area contributed by atoms with E-state index in [1.165, 1.54) is 12.8 Å². The van der Waals surface area contributed by atoms with Crippen molar-refractivity contribution in [2.75, 3.05) is 20.3 Å². The zero-order valence-electron chi connectivity index (χ0n) is 12.8. The summed E-state index contributed by atoms with van der Waals surface area (Å²) in [5, 5.41) is 0. The van der Waals surface area contributed by atoms with Crippen LogP contribution in [0, 0.1) is 5.92 Å². The summed E-state index contributed by atoms with van der Waals surface area (Å²) >= 11 is 0. The number of carbonyl (C=O) groups excluding carboxylic acids is 1. The van der Waals surface area contributed by atoms with Crippen molar-refractivity contribution < 1.29 is 9.53 Å². The average molecular weight is 291 g/mol. The molecule has 0 aliphatic heterocycles. The lowest BCUT2D eigenvalue weighted by molar-refractivity contribution is 0.0945. The van der Waals surface area contributed by atoms with Gasteiger partial charge in [0.25, 0.3) is 5.91 Å². The molecule has 5 nitrogen and oxygen atoms in total. The first kappa shape index (κ1) is 15.9. The van der Waals surface area contributed by atoms with E-state index in [9.17, 15) is 4.79 Å². The summed E-state index contributed by atoms with van der Waals surface area (Å²) in [5.74, 6) is 5.80. The van der Waals surface area contributed by atoms with Crippen LogP contribution in [0.4, 0.5) is 0 Å². The summed E-state index contributed by atoms with van der Waals surface area (Å²) in [6.07, 6.45) is 2.60.